The molecule has 0 radical (unpaired) electrons. The maximum Gasteiger partial charge on any atom is 0.322 e. The van der Waals surface area contributed by atoms with E-state index in [0.717, 1.165) is 0 Å². The molecule has 1 atom stereocenters. The third-order valence-electron chi connectivity index (χ3n) is 3.12. The summed E-state index contributed by atoms with van der Waals surface area (Å²) in [5, 5.41) is 5.52. The normalized spacial score (nSPS) is 18.9. The summed E-state index contributed by atoms with van der Waals surface area (Å²) >= 11 is 0. The van der Waals surface area contributed by atoms with Gasteiger partial charge in [0, 0.05) is 24.5 Å². The molecule has 6 heteroatoms. The zero-order valence-electron chi connectivity index (χ0n) is 10.8. The Morgan fingerprint density at radius 2 is 2.37 bits per heavy atom. The van der Waals surface area contributed by atoms with Crippen molar-refractivity contribution in [3.63, 3.8) is 0 Å². The highest BCUT2D eigenvalue weighted by Gasteiger charge is 2.31. The van der Waals surface area contributed by atoms with Crippen LogP contribution in [0, 0.1) is 0 Å². The number of urea groups is 1. The van der Waals surface area contributed by atoms with Crippen molar-refractivity contribution in [3.05, 3.63) is 24.3 Å². The van der Waals surface area contributed by atoms with Crippen LogP contribution in [0.5, 0.6) is 0 Å². The third-order valence-corrected chi connectivity index (χ3v) is 3.12. The number of carbonyl (C=O) groups is 2. The van der Waals surface area contributed by atoms with Gasteiger partial charge in [0.25, 0.3) is 0 Å². The topological polar surface area (TPSA) is 87.5 Å². The number of piperazine rings is 1. The van der Waals surface area contributed by atoms with Crippen molar-refractivity contribution >= 4 is 23.3 Å². The van der Waals surface area contributed by atoms with Gasteiger partial charge in [-0.2, -0.15) is 0 Å². The van der Waals surface area contributed by atoms with E-state index in [-0.39, 0.29) is 11.9 Å². The number of benzene rings is 1. The molecular weight excluding hydrogens is 244 g/mol. The van der Waals surface area contributed by atoms with E-state index >= 15 is 0 Å². The van der Waals surface area contributed by atoms with Gasteiger partial charge >= 0.3 is 6.03 Å². The molecule has 102 valence electrons. The number of amides is 3. The minimum Gasteiger partial charge on any atom is -0.399 e. The Bertz CT molecular complexity index is 489. The van der Waals surface area contributed by atoms with E-state index in [0.29, 0.717) is 30.9 Å². The highest BCUT2D eigenvalue weighted by Crippen LogP contribution is 2.15. The van der Waals surface area contributed by atoms with Gasteiger partial charge in [0.15, 0.2) is 0 Å². The first kappa shape index (κ1) is 13.2. The van der Waals surface area contributed by atoms with Crippen LogP contribution in [-0.4, -0.2) is 36.0 Å². The minimum absolute atomic E-state index is 0.100. The van der Waals surface area contributed by atoms with Crippen LogP contribution in [0.15, 0.2) is 24.3 Å². The number of nitrogens with one attached hydrogen (secondary N) is 2. The molecule has 0 saturated carbocycles. The lowest BCUT2D eigenvalue weighted by atomic mass is 10.1. The molecule has 1 fully saturated rings. The fourth-order valence-electron chi connectivity index (χ4n) is 2.18. The highest BCUT2D eigenvalue weighted by atomic mass is 16.2. The van der Waals surface area contributed by atoms with Crippen LogP contribution in [0.4, 0.5) is 16.2 Å². The third kappa shape index (κ3) is 2.96. The van der Waals surface area contributed by atoms with Gasteiger partial charge in [-0.3, -0.25) is 4.79 Å². The largest absolute Gasteiger partial charge is 0.399 e. The summed E-state index contributed by atoms with van der Waals surface area (Å²) < 4.78 is 0. The van der Waals surface area contributed by atoms with Crippen LogP contribution in [0.2, 0.25) is 0 Å². The van der Waals surface area contributed by atoms with E-state index in [1.54, 1.807) is 29.2 Å². The van der Waals surface area contributed by atoms with E-state index in [1.807, 2.05) is 6.92 Å². The number of nitrogen functional groups attached to an aromatic ring is 1. The molecule has 1 aromatic rings. The van der Waals surface area contributed by atoms with Crippen molar-refractivity contribution in [2.75, 3.05) is 24.1 Å². The number of hydrogen-bond acceptors (Lipinski definition) is 3. The van der Waals surface area contributed by atoms with Crippen molar-refractivity contribution in [2.45, 2.75) is 19.4 Å². The number of rotatable bonds is 2. The first-order valence-corrected chi connectivity index (χ1v) is 6.32. The number of nitrogens with two attached hydrogens (primary N) is 1. The molecule has 4 N–H and O–H groups in total. The number of carbonyl (C=O) groups excluding carboxylic acids is 2. The number of anilines is 2. The smallest absolute Gasteiger partial charge is 0.322 e. The predicted molar refractivity (Wildman–Crippen MR) is 73.7 cm³/mol. The molecule has 0 aromatic heterocycles. The molecule has 2 rings (SSSR count). The molecule has 1 heterocycles. The standard InChI is InChI=1S/C13H18N4O2/c1-2-11-12(18)15-6-7-17(11)13(19)16-10-5-3-4-9(14)8-10/h3-5,8,11H,2,6-7,14H2,1H3,(H,15,18)(H,16,19). The Morgan fingerprint density at radius 1 is 1.58 bits per heavy atom. The van der Waals surface area contributed by atoms with E-state index in [1.165, 1.54) is 0 Å². The van der Waals surface area contributed by atoms with Crippen molar-refractivity contribution < 1.29 is 9.59 Å². The van der Waals surface area contributed by atoms with Gasteiger partial charge in [0.2, 0.25) is 5.91 Å². The first-order valence-electron chi connectivity index (χ1n) is 6.32. The monoisotopic (exact) mass is 262 g/mol. The summed E-state index contributed by atoms with van der Waals surface area (Å²) in [7, 11) is 0. The van der Waals surface area contributed by atoms with Crippen LogP contribution in [0.25, 0.3) is 0 Å². The average molecular weight is 262 g/mol. The SMILES string of the molecule is CCC1C(=O)NCCN1C(=O)Nc1cccc(N)c1. The van der Waals surface area contributed by atoms with Gasteiger partial charge in [-0.25, -0.2) is 4.79 Å². The zero-order chi connectivity index (χ0) is 13.8. The molecule has 0 bridgehead atoms. The van der Waals surface area contributed by atoms with Gasteiger partial charge in [-0.1, -0.05) is 13.0 Å². The van der Waals surface area contributed by atoms with Crippen molar-refractivity contribution in [1.82, 2.24) is 10.2 Å². The molecule has 0 aliphatic carbocycles. The molecule has 6 nitrogen and oxygen atoms in total. The van der Waals surface area contributed by atoms with Gasteiger partial charge in [0.05, 0.1) is 0 Å². The van der Waals surface area contributed by atoms with Crippen LogP contribution >= 0.6 is 0 Å². The second-order valence-corrected chi connectivity index (χ2v) is 4.46. The molecular formula is C13H18N4O2. The minimum atomic E-state index is -0.408. The van der Waals surface area contributed by atoms with Gasteiger partial charge in [0.1, 0.15) is 6.04 Å². The van der Waals surface area contributed by atoms with E-state index in [9.17, 15) is 9.59 Å². The fourth-order valence-corrected chi connectivity index (χ4v) is 2.18. The molecule has 1 unspecified atom stereocenters. The van der Waals surface area contributed by atoms with Crippen LogP contribution in [0.3, 0.4) is 0 Å². The summed E-state index contributed by atoms with van der Waals surface area (Å²) in [5.74, 6) is -0.100. The second-order valence-electron chi connectivity index (χ2n) is 4.46. The maximum atomic E-state index is 12.2. The number of hydrogen-bond donors (Lipinski definition) is 3. The van der Waals surface area contributed by atoms with Crippen molar-refractivity contribution in [1.29, 1.82) is 0 Å². The lowest BCUT2D eigenvalue weighted by Gasteiger charge is -2.34. The highest BCUT2D eigenvalue weighted by molar-refractivity contribution is 5.94. The molecule has 1 aliphatic rings. The van der Waals surface area contributed by atoms with Crippen LogP contribution in [-0.2, 0) is 4.79 Å². The lowest BCUT2D eigenvalue weighted by molar-refractivity contribution is -0.127. The van der Waals surface area contributed by atoms with Gasteiger partial charge in [-0.15, -0.1) is 0 Å². The van der Waals surface area contributed by atoms with E-state index in [2.05, 4.69) is 10.6 Å². The number of nitrogens with zero attached hydrogens (tertiary/aromatic N) is 1. The van der Waals surface area contributed by atoms with E-state index in [4.69, 9.17) is 5.73 Å². The Balaban J connectivity index is 2.08. The van der Waals surface area contributed by atoms with Gasteiger partial charge in [-0.05, 0) is 24.6 Å². The molecule has 1 aliphatic heterocycles. The molecule has 19 heavy (non-hydrogen) atoms. The molecule has 1 aromatic carbocycles. The average Bonchev–Trinajstić information content (AvgIpc) is 2.38. The summed E-state index contributed by atoms with van der Waals surface area (Å²) in [6, 6.07) is 6.29. The van der Waals surface area contributed by atoms with Gasteiger partial charge < -0.3 is 21.3 Å². The summed E-state index contributed by atoms with van der Waals surface area (Å²) in [5.41, 5.74) is 6.87. The Kier molecular flexibility index (Phi) is 3.89. The molecule has 3 amide bonds. The maximum absolute atomic E-state index is 12.2. The van der Waals surface area contributed by atoms with Crippen molar-refractivity contribution in [3.8, 4) is 0 Å². The zero-order valence-corrected chi connectivity index (χ0v) is 10.8. The quantitative estimate of drug-likeness (QED) is 0.695. The second kappa shape index (κ2) is 5.60. The lowest BCUT2D eigenvalue weighted by Crippen LogP contribution is -2.57. The van der Waals surface area contributed by atoms with Crippen LogP contribution in [0.1, 0.15) is 13.3 Å². The summed E-state index contributed by atoms with van der Waals surface area (Å²) in [4.78, 5) is 25.4. The summed E-state index contributed by atoms with van der Waals surface area (Å²) in [6.45, 7) is 2.88. The molecule has 0 spiro atoms. The Hall–Kier alpha value is -2.24. The van der Waals surface area contributed by atoms with Crippen molar-refractivity contribution in [2.24, 2.45) is 0 Å². The predicted octanol–water partition coefficient (Wildman–Crippen LogP) is 1.01. The van der Waals surface area contributed by atoms with Crippen LogP contribution < -0.4 is 16.4 Å². The fraction of sp³-hybridized carbons (Fsp3) is 0.385. The molecule has 1 saturated heterocycles. The van der Waals surface area contributed by atoms with E-state index < -0.39 is 6.04 Å². The Labute approximate surface area is 112 Å². The Morgan fingerprint density at radius 3 is 3.05 bits per heavy atom. The summed E-state index contributed by atoms with van der Waals surface area (Å²) in [6.07, 6.45) is 0.593. The first-order chi connectivity index (χ1) is 9.11.